The van der Waals surface area contributed by atoms with Crippen LogP contribution in [0.3, 0.4) is 0 Å². The third-order valence-electron chi connectivity index (χ3n) is 3.44. The number of amides is 1. The summed E-state index contributed by atoms with van der Waals surface area (Å²) >= 11 is 0. The number of aromatic carboxylic acids is 1. The number of carbonyl (C=O) groups excluding carboxylic acids is 1. The molecule has 1 aromatic heterocycles. The number of hydrazone groups is 1. The van der Waals surface area contributed by atoms with Crippen molar-refractivity contribution >= 4 is 18.1 Å². The Morgan fingerprint density at radius 3 is 2.44 bits per heavy atom. The highest BCUT2D eigenvalue weighted by Gasteiger charge is 2.13. The second-order valence-electron chi connectivity index (χ2n) is 5.12. The molecule has 0 saturated carbocycles. The van der Waals surface area contributed by atoms with Crippen LogP contribution >= 0.6 is 0 Å². The fraction of sp³-hybridized carbons (Fsp3) is 0. The van der Waals surface area contributed by atoms with Gasteiger partial charge in [-0.15, -0.1) is 0 Å². The van der Waals surface area contributed by atoms with Crippen LogP contribution in [-0.2, 0) is 0 Å². The molecule has 0 aliphatic heterocycles. The molecule has 0 bridgehead atoms. The first-order valence-corrected chi connectivity index (χ1v) is 7.46. The molecule has 3 rings (SSSR count). The van der Waals surface area contributed by atoms with Crippen LogP contribution in [0.15, 0.2) is 76.2 Å². The van der Waals surface area contributed by atoms with Gasteiger partial charge in [0.1, 0.15) is 11.5 Å². The molecule has 2 aromatic carbocycles. The Hall–Kier alpha value is -3.67. The number of carbonyl (C=O) groups is 2. The fourth-order valence-corrected chi connectivity index (χ4v) is 2.26. The standard InChI is InChI=1S/C19H14N2O4/c22-18(13-6-2-1-3-7-13)21-20-12-14-10-11-17(25-14)15-8-4-5-9-16(15)19(23)24/h1-12H,(H,21,22)(H,23,24)/b20-12-. The maximum Gasteiger partial charge on any atom is 0.336 e. The topological polar surface area (TPSA) is 91.9 Å². The van der Waals surface area contributed by atoms with E-state index in [0.29, 0.717) is 22.6 Å². The van der Waals surface area contributed by atoms with Gasteiger partial charge in [-0.3, -0.25) is 4.79 Å². The van der Waals surface area contributed by atoms with Gasteiger partial charge in [0, 0.05) is 11.1 Å². The molecule has 0 aliphatic carbocycles. The molecule has 2 N–H and O–H groups in total. The molecular formula is C19H14N2O4. The Labute approximate surface area is 143 Å². The number of nitrogens with zero attached hydrogens (tertiary/aromatic N) is 1. The predicted molar refractivity (Wildman–Crippen MR) is 92.6 cm³/mol. The Balaban J connectivity index is 1.72. The van der Waals surface area contributed by atoms with E-state index in [4.69, 9.17) is 4.42 Å². The van der Waals surface area contributed by atoms with Gasteiger partial charge in [-0.05, 0) is 30.3 Å². The van der Waals surface area contributed by atoms with Gasteiger partial charge in [-0.25, -0.2) is 10.2 Å². The number of rotatable bonds is 5. The van der Waals surface area contributed by atoms with E-state index in [2.05, 4.69) is 10.5 Å². The predicted octanol–water partition coefficient (Wildman–Crippen LogP) is 3.41. The van der Waals surface area contributed by atoms with Crippen LogP contribution in [0, 0.1) is 0 Å². The zero-order chi connectivity index (χ0) is 17.6. The third-order valence-corrected chi connectivity index (χ3v) is 3.44. The third kappa shape index (κ3) is 3.81. The van der Waals surface area contributed by atoms with Crippen LogP contribution < -0.4 is 5.43 Å². The molecule has 0 fully saturated rings. The molecule has 0 atom stereocenters. The first kappa shape index (κ1) is 16.2. The second-order valence-corrected chi connectivity index (χ2v) is 5.12. The molecule has 1 amide bonds. The minimum Gasteiger partial charge on any atom is -0.478 e. The summed E-state index contributed by atoms with van der Waals surface area (Å²) in [6.45, 7) is 0. The Morgan fingerprint density at radius 2 is 1.68 bits per heavy atom. The van der Waals surface area contributed by atoms with E-state index >= 15 is 0 Å². The van der Waals surface area contributed by atoms with Crippen LogP contribution in [0.25, 0.3) is 11.3 Å². The van der Waals surface area contributed by atoms with Crippen LogP contribution in [0.2, 0.25) is 0 Å². The molecule has 1 heterocycles. The second kappa shape index (κ2) is 7.27. The van der Waals surface area contributed by atoms with Gasteiger partial charge < -0.3 is 9.52 Å². The number of benzene rings is 2. The summed E-state index contributed by atoms with van der Waals surface area (Å²) in [4.78, 5) is 23.1. The smallest absolute Gasteiger partial charge is 0.336 e. The molecule has 6 heteroatoms. The van der Waals surface area contributed by atoms with Crippen molar-refractivity contribution in [3.05, 3.63) is 83.6 Å². The summed E-state index contributed by atoms with van der Waals surface area (Å²) in [5.74, 6) is -0.561. The van der Waals surface area contributed by atoms with E-state index in [-0.39, 0.29) is 11.5 Å². The Morgan fingerprint density at radius 1 is 0.960 bits per heavy atom. The van der Waals surface area contributed by atoms with E-state index in [0.717, 1.165) is 0 Å². The number of hydrogen-bond acceptors (Lipinski definition) is 4. The highest BCUT2D eigenvalue weighted by atomic mass is 16.4. The molecule has 6 nitrogen and oxygen atoms in total. The summed E-state index contributed by atoms with van der Waals surface area (Å²) < 4.78 is 5.58. The minimum atomic E-state index is -1.03. The summed E-state index contributed by atoms with van der Waals surface area (Å²) in [5.41, 5.74) is 3.52. The van der Waals surface area contributed by atoms with E-state index in [1.165, 1.54) is 12.3 Å². The van der Waals surface area contributed by atoms with E-state index < -0.39 is 5.97 Å². The van der Waals surface area contributed by atoms with Gasteiger partial charge in [-0.1, -0.05) is 36.4 Å². The molecule has 25 heavy (non-hydrogen) atoms. The molecule has 124 valence electrons. The number of nitrogens with one attached hydrogen (secondary N) is 1. The highest BCUT2D eigenvalue weighted by Crippen LogP contribution is 2.25. The van der Waals surface area contributed by atoms with E-state index in [1.807, 2.05) is 6.07 Å². The number of furan rings is 1. The monoisotopic (exact) mass is 334 g/mol. The molecule has 3 aromatic rings. The summed E-state index contributed by atoms with van der Waals surface area (Å²) in [5, 5.41) is 13.1. The first-order valence-electron chi connectivity index (χ1n) is 7.46. The largest absolute Gasteiger partial charge is 0.478 e. The maximum atomic E-state index is 11.9. The van der Waals surface area contributed by atoms with Crippen LogP contribution in [0.1, 0.15) is 26.5 Å². The van der Waals surface area contributed by atoms with Gasteiger partial charge in [0.2, 0.25) is 0 Å². The van der Waals surface area contributed by atoms with Gasteiger partial charge in [-0.2, -0.15) is 5.10 Å². The molecule has 0 spiro atoms. The van der Waals surface area contributed by atoms with Crippen molar-refractivity contribution in [3.8, 4) is 11.3 Å². The quantitative estimate of drug-likeness (QED) is 0.552. The van der Waals surface area contributed by atoms with Gasteiger partial charge in [0.15, 0.2) is 0 Å². The minimum absolute atomic E-state index is 0.151. The van der Waals surface area contributed by atoms with Gasteiger partial charge in [0.05, 0.1) is 11.8 Å². The van der Waals surface area contributed by atoms with E-state index in [9.17, 15) is 14.7 Å². The molecule has 0 radical (unpaired) electrons. The average molecular weight is 334 g/mol. The molecule has 0 aliphatic rings. The van der Waals surface area contributed by atoms with Crippen LogP contribution in [0.4, 0.5) is 0 Å². The Kier molecular flexibility index (Phi) is 4.71. The molecule has 0 saturated heterocycles. The van der Waals surface area contributed by atoms with Crippen molar-refractivity contribution in [2.75, 3.05) is 0 Å². The van der Waals surface area contributed by atoms with Crippen molar-refractivity contribution < 1.29 is 19.1 Å². The van der Waals surface area contributed by atoms with Crippen molar-refractivity contribution in [2.45, 2.75) is 0 Å². The average Bonchev–Trinajstić information content (AvgIpc) is 3.11. The lowest BCUT2D eigenvalue weighted by molar-refractivity contribution is 0.0697. The summed E-state index contributed by atoms with van der Waals surface area (Å²) in [7, 11) is 0. The summed E-state index contributed by atoms with van der Waals surface area (Å²) in [6.07, 6.45) is 1.35. The van der Waals surface area contributed by atoms with Crippen LogP contribution in [-0.4, -0.2) is 23.2 Å². The first-order chi connectivity index (χ1) is 12.1. The zero-order valence-corrected chi connectivity index (χ0v) is 13.0. The normalized spacial score (nSPS) is 10.7. The van der Waals surface area contributed by atoms with Gasteiger partial charge >= 0.3 is 5.97 Å². The number of carboxylic acid groups (broad SMARTS) is 1. The lowest BCUT2D eigenvalue weighted by Gasteiger charge is -2.01. The lowest BCUT2D eigenvalue weighted by atomic mass is 10.1. The number of carboxylic acids is 1. The lowest BCUT2D eigenvalue weighted by Crippen LogP contribution is -2.17. The SMILES string of the molecule is O=C(N/N=C\c1ccc(-c2ccccc2C(=O)O)o1)c1ccccc1. The van der Waals surface area contributed by atoms with Gasteiger partial charge in [0.25, 0.3) is 5.91 Å². The van der Waals surface area contributed by atoms with Crippen molar-refractivity contribution in [1.82, 2.24) is 5.43 Å². The Bertz CT molecular complexity index is 929. The zero-order valence-electron chi connectivity index (χ0n) is 13.0. The fourth-order valence-electron chi connectivity index (χ4n) is 2.26. The van der Waals surface area contributed by atoms with Crippen molar-refractivity contribution in [1.29, 1.82) is 0 Å². The highest BCUT2D eigenvalue weighted by molar-refractivity contribution is 5.96. The molecule has 0 unspecified atom stereocenters. The maximum absolute atomic E-state index is 11.9. The van der Waals surface area contributed by atoms with E-state index in [1.54, 1.807) is 54.6 Å². The summed E-state index contributed by atoms with van der Waals surface area (Å²) in [6, 6.07) is 18.6. The van der Waals surface area contributed by atoms with Crippen LogP contribution in [0.5, 0.6) is 0 Å². The molecular weight excluding hydrogens is 320 g/mol. The van der Waals surface area contributed by atoms with Crippen molar-refractivity contribution in [3.63, 3.8) is 0 Å². The van der Waals surface area contributed by atoms with Crippen molar-refractivity contribution in [2.24, 2.45) is 5.10 Å². The number of hydrogen-bond donors (Lipinski definition) is 2.